The first-order valence-corrected chi connectivity index (χ1v) is 5.44. The number of hydrogen-bond donors (Lipinski definition) is 1. The van der Waals surface area contributed by atoms with Gasteiger partial charge in [-0.25, -0.2) is 0 Å². The molecule has 14 heavy (non-hydrogen) atoms. The summed E-state index contributed by atoms with van der Waals surface area (Å²) in [7, 11) is 0. The van der Waals surface area contributed by atoms with Crippen LogP contribution in [0, 0.1) is 0 Å². The first kappa shape index (κ1) is 9.53. The largest absolute Gasteiger partial charge is 0.384 e. The summed E-state index contributed by atoms with van der Waals surface area (Å²) in [6.45, 7) is 6.79. The average Bonchev–Trinajstić information content (AvgIpc) is 2.19. The van der Waals surface area contributed by atoms with Crippen molar-refractivity contribution in [1.82, 2.24) is 4.90 Å². The fraction of sp³-hybridized carbons (Fsp3) is 0.500. The van der Waals surface area contributed by atoms with Crippen molar-refractivity contribution in [3.8, 4) is 0 Å². The Bertz CT molecular complexity index is 296. The maximum atomic E-state index is 3.49. The summed E-state index contributed by atoms with van der Waals surface area (Å²) in [5, 5.41) is 3.49. The lowest BCUT2D eigenvalue weighted by Crippen LogP contribution is -2.32. The Kier molecular flexibility index (Phi) is 3.04. The van der Waals surface area contributed by atoms with Gasteiger partial charge in [0, 0.05) is 25.3 Å². The van der Waals surface area contributed by atoms with E-state index in [4.69, 9.17) is 0 Å². The molecule has 76 valence electrons. The number of nitrogens with one attached hydrogen (secondary N) is 1. The quantitative estimate of drug-likeness (QED) is 0.728. The smallest absolute Gasteiger partial charge is 0.0373 e. The second kappa shape index (κ2) is 4.47. The van der Waals surface area contributed by atoms with Crippen LogP contribution < -0.4 is 5.32 Å². The maximum absolute atomic E-state index is 3.49. The van der Waals surface area contributed by atoms with Crippen LogP contribution in [0.15, 0.2) is 24.3 Å². The number of benzene rings is 1. The molecule has 2 heteroatoms. The van der Waals surface area contributed by atoms with E-state index in [9.17, 15) is 0 Å². The van der Waals surface area contributed by atoms with Gasteiger partial charge in [0.1, 0.15) is 0 Å². The first-order valence-electron chi connectivity index (χ1n) is 5.44. The van der Waals surface area contributed by atoms with E-state index in [1.165, 1.54) is 17.8 Å². The summed E-state index contributed by atoms with van der Waals surface area (Å²) in [6, 6.07) is 8.63. The fourth-order valence-electron chi connectivity index (χ4n) is 1.97. The standard InChI is InChI=1S/C12H18N2/c1-2-14-9-7-11-5-3-4-6-12(11)13-8-10-14/h3-6,13H,2,7-10H2,1H3. The van der Waals surface area contributed by atoms with Crippen LogP contribution in [-0.4, -0.2) is 31.1 Å². The van der Waals surface area contributed by atoms with Gasteiger partial charge in [-0.2, -0.15) is 0 Å². The zero-order valence-corrected chi connectivity index (χ0v) is 8.79. The van der Waals surface area contributed by atoms with Crippen molar-refractivity contribution >= 4 is 5.69 Å². The molecule has 0 aromatic heterocycles. The Morgan fingerprint density at radius 1 is 1.29 bits per heavy atom. The zero-order chi connectivity index (χ0) is 9.80. The second-order valence-electron chi connectivity index (χ2n) is 3.77. The van der Waals surface area contributed by atoms with E-state index in [0.29, 0.717) is 0 Å². The van der Waals surface area contributed by atoms with Gasteiger partial charge in [-0.3, -0.25) is 0 Å². The van der Waals surface area contributed by atoms with E-state index in [2.05, 4.69) is 41.4 Å². The highest BCUT2D eigenvalue weighted by molar-refractivity contribution is 5.51. The van der Waals surface area contributed by atoms with Gasteiger partial charge < -0.3 is 10.2 Å². The van der Waals surface area contributed by atoms with E-state index in [-0.39, 0.29) is 0 Å². The van der Waals surface area contributed by atoms with Crippen molar-refractivity contribution in [3.63, 3.8) is 0 Å². The van der Waals surface area contributed by atoms with E-state index < -0.39 is 0 Å². The number of para-hydroxylation sites is 1. The third-order valence-electron chi connectivity index (χ3n) is 2.91. The minimum atomic E-state index is 1.06. The van der Waals surface area contributed by atoms with Gasteiger partial charge in [0.15, 0.2) is 0 Å². The molecule has 1 aromatic carbocycles. The molecule has 0 bridgehead atoms. The van der Waals surface area contributed by atoms with Crippen LogP contribution in [0.25, 0.3) is 0 Å². The molecular weight excluding hydrogens is 172 g/mol. The Morgan fingerprint density at radius 3 is 3.00 bits per heavy atom. The molecule has 0 atom stereocenters. The summed E-state index contributed by atoms with van der Waals surface area (Å²) in [5.41, 5.74) is 2.77. The van der Waals surface area contributed by atoms with Crippen molar-refractivity contribution in [2.75, 3.05) is 31.5 Å². The van der Waals surface area contributed by atoms with Crippen LogP contribution >= 0.6 is 0 Å². The zero-order valence-electron chi connectivity index (χ0n) is 8.79. The highest BCUT2D eigenvalue weighted by Crippen LogP contribution is 2.17. The average molecular weight is 190 g/mol. The van der Waals surface area contributed by atoms with Gasteiger partial charge in [-0.1, -0.05) is 25.1 Å². The third kappa shape index (κ3) is 2.07. The molecule has 0 aliphatic carbocycles. The Balaban J connectivity index is 2.13. The van der Waals surface area contributed by atoms with Gasteiger partial charge in [0.2, 0.25) is 0 Å². The van der Waals surface area contributed by atoms with Crippen LogP contribution in [0.4, 0.5) is 5.69 Å². The molecule has 0 amide bonds. The number of anilines is 1. The predicted octanol–water partition coefficient (Wildman–Crippen LogP) is 1.98. The first-order chi connectivity index (χ1) is 6.90. The second-order valence-corrected chi connectivity index (χ2v) is 3.77. The van der Waals surface area contributed by atoms with Gasteiger partial charge in [-0.05, 0) is 24.6 Å². The minimum Gasteiger partial charge on any atom is -0.384 e. The van der Waals surface area contributed by atoms with Crippen molar-refractivity contribution in [2.24, 2.45) is 0 Å². The van der Waals surface area contributed by atoms with Gasteiger partial charge in [0.05, 0.1) is 0 Å². The molecule has 1 aliphatic heterocycles. The number of hydrogen-bond acceptors (Lipinski definition) is 2. The van der Waals surface area contributed by atoms with Crippen molar-refractivity contribution in [2.45, 2.75) is 13.3 Å². The molecule has 0 fully saturated rings. The highest BCUT2D eigenvalue weighted by Gasteiger charge is 2.08. The lowest BCUT2D eigenvalue weighted by atomic mass is 10.1. The van der Waals surface area contributed by atoms with Gasteiger partial charge >= 0.3 is 0 Å². The summed E-state index contributed by atoms with van der Waals surface area (Å²) in [4.78, 5) is 2.49. The van der Waals surface area contributed by atoms with E-state index in [1.54, 1.807) is 0 Å². The summed E-state index contributed by atoms with van der Waals surface area (Å²) < 4.78 is 0. The van der Waals surface area contributed by atoms with E-state index >= 15 is 0 Å². The van der Waals surface area contributed by atoms with Crippen LogP contribution in [0.5, 0.6) is 0 Å². The molecular formula is C12H18N2. The third-order valence-corrected chi connectivity index (χ3v) is 2.91. The molecule has 1 heterocycles. The van der Waals surface area contributed by atoms with E-state index in [1.807, 2.05) is 0 Å². The molecule has 2 nitrogen and oxygen atoms in total. The Labute approximate surface area is 85.9 Å². The normalized spacial score (nSPS) is 17.8. The van der Waals surface area contributed by atoms with Crippen LogP contribution in [0.3, 0.4) is 0 Å². The monoisotopic (exact) mass is 190 g/mol. The highest BCUT2D eigenvalue weighted by atomic mass is 15.1. The summed E-state index contributed by atoms with van der Waals surface area (Å²) in [5.74, 6) is 0. The number of likely N-dealkylation sites (N-methyl/N-ethyl adjacent to an activating group) is 1. The Morgan fingerprint density at radius 2 is 2.14 bits per heavy atom. The number of fused-ring (bicyclic) bond motifs is 1. The lowest BCUT2D eigenvalue weighted by molar-refractivity contribution is 0.301. The maximum Gasteiger partial charge on any atom is 0.0373 e. The van der Waals surface area contributed by atoms with Crippen LogP contribution in [-0.2, 0) is 6.42 Å². The molecule has 0 saturated heterocycles. The van der Waals surface area contributed by atoms with E-state index in [0.717, 1.165) is 26.1 Å². The molecule has 1 N–H and O–H groups in total. The lowest BCUT2D eigenvalue weighted by Gasteiger charge is -2.25. The molecule has 0 saturated carbocycles. The van der Waals surface area contributed by atoms with Crippen LogP contribution in [0.1, 0.15) is 12.5 Å². The predicted molar refractivity (Wildman–Crippen MR) is 60.7 cm³/mol. The number of nitrogens with zero attached hydrogens (tertiary/aromatic N) is 1. The Hall–Kier alpha value is -1.02. The minimum absolute atomic E-state index is 1.06. The van der Waals surface area contributed by atoms with Gasteiger partial charge in [-0.15, -0.1) is 0 Å². The molecule has 0 radical (unpaired) electrons. The topological polar surface area (TPSA) is 15.3 Å². The summed E-state index contributed by atoms with van der Waals surface area (Å²) >= 11 is 0. The molecule has 2 rings (SSSR count). The fourth-order valence-corrected chi connectivity index (χ4v) is 1.97. The summed E-state index contributed by atoms with van der Waals surface area (Å²) in [6.07, 6.45) is 1.16. The van der Waals surface area contributed by atoms with Crippen LogP contribution in [0.2, 0.25) is 0 Å². The van der Waals surface area contributed by atoms with Crippen molar-refractivity contribution in [3.05, 3.63) is 29.8 Å². The van der Waals surface area contributed by atoms with Crippen molar-refractivity contribution < 1.29 is 0 Å². The SMILES string of the molecule is CCN1CCNc2ccccc2CC1. The molecule has 0 unspecified atom stereocenters. The molecule has 1 aromatic rings. The van der Waals surface area contributed by atoms with Gasteiger partial charge in [0.25, 0.3) is 0 Å². The van der Waals surface area contributed by atoms with Crippen molar-refractivity contribution in [1.29, 1.82) is 0 Å². The molecule has 1 aliphatic rings. The number of rotatable bonds is 1. The molecule has 0 spiro atoms.